The predicted octanol–water partition coefficient (Wildman–Crippen LogP) is 3.75. The third kappa shape index (κ3) is 3.47. The maximum atomic E-state index is 13.0. The molecule has 1 N–H and O–H groups in total. The van der Waals surface area contributed by atoms with E-state index in [2.05, 4.69) is 11.0 Å². The fourth-order valence-electron chi connectivity index (χ4n) is 4.45. The molecule has 1 saturated carbocycles. The number of carbonyl (C=O) groups excluding carboxylic acids is 1. The number of thioether (sulfide) groups is 1. The highest BCUT2D eigenvalue weighted by Gasteiger charge is 2.39. The van der Waals surface area contributed by atoms with E-state index in [1.54, 1.807) is 34.9 Å². The Hall–Kier alpha value is -2.17. The Labute approximate surface area is 169 Å². The summed E-state index contributed by atoms with van der Waals surface area (Å²) in [6.07, 6.45) is 6.49. The smallest absolute Gasteiger partial charge is 0.229 e. The fraction of sp³-hybridized carbons (Fsp3) is 0.524. The van der Waals surface area contributed by atoms with Crippen LogP contribution in [0.4, 0.5) is 0 Å². The number of allylic oxidation sites excluding steroid dienone is 1. The summed E-state index contributed by atoms with van der Waals surface area (Å²) in [5.74, 6) is 0.984. The van der Waals surface area contributed by atoms with E-state index in [1.807, 2.05) is 0 Å². The first-order valence-corrected chi connectivity index (χ1v) is 10.8. The molecule has 1 aromatic rings. The van der Waals surface area contributed by atoms with E-state index in [0.717, 1.165) is 16.5 Å². The third-order valence-electron chi connectivity index (χ3n) is 6.01. The number of hydrogen-bond donors (Lipinski definition) is 1. The normalized spacial score (nSPS) is 24.1. The van der Waals surface area contributed by atoms with Crippen LogP contribution in [0.1, 0.15) is 50.0 Å². The van der Waals surface area contributed by atoms with Crippen LogP contribution >= 0.6 is 11.8 Å². The molecule has 6 nitrogen and oxygen atoms in total. The zero-order valence-corrected chi connectivity index (χ0v) is 16.9. The standard InChI is InChI=1S/C21H25N3O3S/c1-27-19-9-14(7-8-18(19)25)16-10-20(26)24-12-23(15-5-3-2-4-6-15)13-28-21(24)17(16)11-22/h7-9,15-16,25H,2-6,10,12-13H2,1H3/t16-/m1/s1. The second-order valence-electron chi connectivity index (χ2n) is 7.64. The highest BCUT2D eigenvalue weighted by Crippen LogP contribution is 2.44. The van der Waals surface area contributed by atoms with Gasteiger partial charge in [0, 0.05) is 18.4 Å². The number of rotatable bonds is 3. The molecule has 2 aliphatic heterocycles. The van der Waals surface area contributed by atoms with Gasteiger partial charge in [0.15, 0.2) is 11.5 Å². The minimum Gasteiger partial charge on any atom is -0.504 e. The third-order valence-corrected chi connectivity index (χ3v) is 7.19. The van der Waals surface area contributed by atoms with Crippen molar-refractivity contribution in [2.45, 2.75) is 50.5 Å². The number of aromatic hydroxyl groups is 1. The summed E-state index contributed by atoms with van der Waals surface area (Å²) in [6.45, 7) is 0.586. The SMILES string of the molecule is COc1cc([C@H]2CC(=O)N3CN(C4CCCCC4)CSC3=C2C#N)ccc1O. The number of methoxy groups -OCH3 is 1. The molecule has 7 heteroatoms. The lowest BCUT2D eigenvalue weighted by atomic mass is 9.86. The molecule has 0 unspecified atom stereocenters. The van der Waals surface area contributed by atoms with Crippen LogP contribution in [-0.4, -0.2) is 46.5 Å². The summed E-state index contributed by atoms with van der Waals surface area (Å²) < 4.78 is 5.20. The van der Waals surface area contributed by atoms with Crippen LogP contribution in [0.3, 0.4) is 0 Å². The van der Waals surface area contributed by atoms with Gasteiger partial charge in [-0.25, -0.2) is 0 Å². The van der Waals surface area contributed by atoms with Crippen molar-refractivity contribution in [3.05, 3.63) is 34.4 Å². The van der Waals surface area contributed by atoms with Crippen molar-refractivity contribution in [1.29, 1.82) is 5.26 Å². The van der Waals surface area contributed by atoms with Gasteiger partial charge in [-0.05, 0) is 30.5 Å². The molecule has 0 spiro atoms. The first kappa shape index (κ1) is 19.2. The molecule has 4 rings (SSSR count). The highest BCUT2D eigenvalue weighted by atomic mass is 32.2. The van der Waals surface area contributed by atoms with Crippen LogP contribution in [0.5, 0.6) is 11.5 Å². The number of fused-ring (bicyclic) bond motifs is 1. The summed E-state index contributed by atoms with van der Waals surface area (Å²) >= 11 is 1.60. The van der Waals surface area contributed by atoms with E-state index in [1.165, 1.54) is 39.2 Å². The van der Waals surface area contributed by atoms with E-state index >= 15 is 0 Å². The molecular weight excluding hydrogens is 374 g/mol. The number of ether oxygens (including phenoxy) is 1. The molecule has 1 atom stereocenters. The van der Waals surface area contributed by atoms with Crippen molar-refractivity contribution in [3.63, 3.8) is 0 Å². The molecule has 2 heterocycles. The van der Waals surface area contributed by atoms with Crippen LogP contribution in [0, 0.1) is 11.3 Å². The van der Waals surface area contributed by atoms with Crippen LogP contribution in [0.25, 0.3) is 0 Å². The lowest BCUT2D eigenvalue weighted by Crippen LogP contribution is -2.51. The number of phenols is 1. The molecule has 0 aromatic heterocycles. The van der Waals surface area contributed by atoms with Crippen LogP contribution in [-0.2, 0) is 4.79 Å². The van der Waals surface area contributed by atoms with Crippen molar-refractivity contribution in [3.8, 4) is 17.6 Å². The van der Waals surface area contributed by atoms with E-state index in [-0.39, 0.29) is 24.0 Å². The summed E-state index contributed by atoms with van der Waals surface area (Å²) in [5, 5.41) is 20.5. The summed E-state index contributed by atoms with van der Waals surface area (Å²) in [5.41, 5.74) is 1.46. The Kier molecular flexibility index (Phi) is 5.51. The second kappa shape index (κ2) is 8.06. The Morgan fingerprint density at radius 2 is 2.07 bits per heavy atom. The van der Waals surface area contributed by atoms with Gasteiger partial charge in [-0.1, -0.05) is 37.1 Å². The lowest BCUT2D eigenvalue weighted by molar-refractivity contribution is -0.132. The quantitative estimate of drug-likeness (QED) is 0.834. The van der Waals surface area contributed by atoms with Gasteiger partial charge in [0.1, 0.15) is 0 Å². The van der Waals surface area contributed by atoms with Gasteiger partial charge in [-0.15, -0.1) is 0 Å². The topological polar surface area (TPSA) is 76.8 Å². The molecule has 1 aliphatic carbocycles. The number of carbonyl (C=O) groups is 1. The number of amides is 1. The molecule has 1 aromatic carbocycles. The maximum absolute atomic E-state index is 13.0. The average Bonchev–Trinajstić information content (AvgIpc) is 2.74. The average molecular weight is 400 g/mol. The zero-order valence-electron chi connectivity index (χ0n) is 16.1. The highest BCUT2D eigenvalue weighted by molar-refractivity contribution is 8.03. The number of hydrogen-bond acceptors (Lipinski definition) is 6. The maximum Gasteiger partial charge on any atom is 0.229 e. The molecular formula is C21H25N3O3S. The largest absolute Gasteiger partial charge is 0.504 e. The Bertz CT molecular complexity index is 842. The van der Waals surface area contributed by atoms with Crippen molar-refractivity contribution in [1.82, 2.24) is 9.80 Å². The van der Waals surface area contributed by atoms with Crippen LogP contribution in [0.15, 0.2) is 28.8 Å². The van der Waals surface area contributed by atoms with Crippen molar-refractivity contribution < 1.29 is 14.6 Å². The number of benzene rings is 1. The predicted molar refractivity (Wildman–Crippen MR) is 108 cm³/mol. The van der Waals surface area contributed by atoms with Gasteiger partial charge in [-0.3, -0.25) is 14.6 Å². The molecule has 0 radical (unpaired) electrons. The molecule has 28 heavy (non-hydrogen) atoms. The first-order valence-electron chi connectivity index (χ1n) is 9.80. The van der Waals surface area contributed by atoms with Crippen LogP contribution < -0.4 is 4.74 Å². The molecule has 2 fully saturated rings. The van der Waals surface area contributed by atoms with Gasteiger partial charge in [0.2, 0.25) is 5.91 Å². The van der Waals surface area contributed by atoms with E-state index < -0.39 is 0 Å². The van der Waals surface area contributed by atoms with E-state index in [0.29, 0.717) is 24.0 Å². The van der Waals surface area contributed by atoms with E-state index in [4.69, 9.17) is 4.74 Å². The Balaban J connectivity index is 1.62. The fourth-order valence-corrected chi connectivity index (χ4v) is 5.69. The van der Waals surface area contributed by atoms with Gasteiger partial charge in [0.05, 0.1) is 36.3 Å². The summed E-state index contributed by atoms with van der Waals surface area (Å²) in [4.78, 5) is 17.2. The van der Waals surface area contributed by atoms with Crippen molar-refractivity contribution in [2.24, 2.45) is 0 Å². The Morgan fingerprint density at radius 3 is 2.79 bits per heavy atom. The molecule has 0 bridgehead atoms. The molecule has 1 amide bonds. The van der Waals surface area contributed by atoms with Crippen molar-refractivity contribution >= 4 is 17.7 Å². The number of nitriles is 1. The van der Waals surface area contributed by atoms with Gasteiger partial charge >= 0.3 is 0 Å². The first-order chi connectivity index (χ1) is 13.6. The van der Waals surface area contributed by atoms with Gasteiger partial charge < -0.3 is 9.84 Å². The summed E-state index contributed by atoms with van der Waals surface area (Å²) in [7, 11) is 1.49. The van der Waals surface area contributed by atoms with E-state index in [9.17, 15) is 15.2 Å². The number of phenolic OH excluding ortho intramolecular Hbond substituents is 1. The second-order valence-corrected chi connectivity index (χ2v) is 8.57. The van der Waals surface area contributed by atoms with Gasteiger partial charge in [-0.2, -0.15) is 5.26 Å². The minimum atomic E-state index is -0.299. The Morgan fingerprint density at radius 1 is 1.29 bits per heavy atom. The monoisotopic (exact) mass is 399 g/mol. The molecule has 148 valence electrons. The van der Waals surface area contributed by atoms with Crippen LogP contribution in [0.2, 0.25) is 0 Å². The zero-order chi connectivity index (χ0) is 19.7. The number of nitrogens with zero attached hydrogens (tertiary/aromatic N) is 3. The summed E-state index contributed by atoms with van der Waals surface area (Å²) in [6, 6.07) is 7.96. The minimum absolute atomic E-state index is 0.0522. The van der Waals surface area contributed by atoms with Crippen molar-refractivity contribution in [2.75, 3.05) is 19.7 Å². The molecule has 3 aliphatic rings. The lowest BCUT2D eigenvalue weighted by Gasteiger charge is -2.44. The molecule has 1 saturated heterocycles. The van der Waals surface area contributed by atoms with Gasteiger partial charge in [0.25, 0.3) is 0 Å².